The Morgan fingerprint density at radius 3 is 2.50 bits per heavy atom. The molecular formula is C13H16N2O4S. The minimum absolute atomic E-state index is 0.00432. The Kier molecular flexibility index (Phi) is 4.87. The van der Waals surface area contributed by atoms with Gasteiger partial charge in [-0.3, -0.25) is 0 Å². The number of rotatable bonds is 4. The van der Waals surface area contributed by atoms with Crippen LogP contribution in [0, 0.1) is 18.3 Å². The van der Waals surface area contributed by atoms with Gasteiger partial charge < -0.3 is 4.74 Å². The Bertz CT molecular complexity index is 659. The fraction of sp³-hybridized carbons (Fsp3) is 0.385. The molecule has 0 saturated heterocycles. The molecule has 1 aromatic rings. The van der Waals surface area contributed by atoms with Gasteiger partial charge in [0.2, 0.25) is 10.0 Å². The summed E-state index contributed by atoms with van der Waals surface area (Å²) < 4.78 is 30.0. The molecule has 0 aliphatic rings. The number of carbonyl (C=O) groups excluding carboxylic acids is 1. The number of carbonyl (C=O) groups is 1. The zero-order valence-electron chi connectivity index (χ0n) is 11.7. The van der Waals surface area contributed by atoms with Crippen LogP contribution in [0.4, 0.5) is 0 Å². The van der Waals surface area contributed by atoms with Gasteiger partial charge in [0.1, 0.15) is 6.07 Å². The number of esters is 1. The van der Waals surface area contributed by atoms with Gasteiger partial charge in [-0.15, -0.1) is 0 Å². The second-order valence-corrected chi connectivity index (χ2v) is 6.59. The first-order valence-electron chi connectivity index (χ1n) is 5.84. The number of nitrogens with zero attached hydrogens (tertiary/aromatic N) is 2. The third kappa shape index (κ3) is 3.35. The van der Waals surface area contributed by atoms with E-state index >= 15 is 0 Å². The Morgan fingerprint density at radius 1 is 1.40 bits per heavy atom. The zero-order chi connectivity index (χ0) is 15.5. The predicted molar refractivity (Wildman–Crippen MR) is 72.5 cm³/mol. The van der Waals surface area contributed by atoms with Gasteiger partial charge in [0, 0.05) is 14.1 Å². The van der Waals surface area contributed by atoms with Crippen LogP contribution in [0.1, 0.15) is 22.8 Å². The quantitative estimate of drug-likeness (QED) is 0.782. The number of aryl methyl sites for hydroxylation is 1. The SMILES string of the molecule is Cc1ccc(S(=O)(=O)N(C)C)cc1C(=O)O[C@H](C)C#N. The molecule has 0 bridgehead atoms. The van der Waals surface area contributed by atoms with E-state index in [1.165, 1.54) is 39.2 Å². The van der Waals surface area contributed by atoms with Gasteiger partial charge in [0.15, 0.2) is 6.10 Å². The summed E-state index contributed by atoms with van der Waals surface area (Å²) >= 11 is 0. The Balaban J connectivity index is 3.24. The first-order chi connectivity index (χ1) is 9.20. The van der Waals surface area contributed by atoms with E-state index in [4.69, 9.17) is 10.00 Å². The van der Waals surface area contributed by atoms with Crippen LogP contribution in [0.25, 0.3) is 0 Å². The molecule has 0 amide bonds. The van der Waals surface area contributed by atoms with Crippen LogP contribution < -0.4 is 0 Å². The van der Waals surface area contributed by atoms with E-state index in [1.54, 1.807) is 13.0 Å². The van der Waals surface area contributed by atoms with E-state index in [-0.39, 0.29) is 10.5 Å². The molecule has 1 aromatic carbocycles. The fourth-order valence-electron chi connectivity index (χ4n) is 1.44. The van der Waals surface area contributed by atoms with Crippen LogP contribution in [0.3, 0.4) is 0 Å². The van der Waals surface area contributed by atoms with Crippen LogP contribution in [0.2, 0.25) is 0 Å². The summed E-state index contributed by atoms with van der Waals surface area (Å²) in [5.41, 5.74) is 0.716. The molecule has 0 radical (unpaired) electrons. The number of nitriles is 1. The van der Waals surface area contributed by atoms with Gasteiger partial charge >= 0.3 is 5.97 Å². The maximum atomic E-state index is 12.0. The van der Waals surface area contributed by atoms with Crippen LogP contribution in [-0.4, -0.2) is 38.9 Å². The summed E-state index contributed by atoms with van der Waals surface area (Å²) in [5, 5.41) is 8.63. The normalized spacial score (nSPS) is 12.8. The summed E-state index contributed by atoms with van der Waals surface area (Å²) in [7, 11) is -0.808. The van der Waals surface area contributed by atoms with E-state index < -0.39 is 22.1 Å². The Hall–Kier alpha value is -1.91. The van der Waals surface area contributed by atoms with Crippen molar-refractivity contribution in [3.05, 3.63) is 29.3 Å². The molecule has 0 aliphatic carbocycles. The average Bonchev–Trinajstić information content (AvgIpc) is 2.38. The van der Waals surface area contributed by atoms with Gasteiger partial charge in [-0.05, 0) is 31.5 Å². The van der Waals surface area contributed by atoms with E-state index in [2.05, 4.69) is 0 Å². The molecule has 0 unspecified atom stereocenters. The van der Waals surface area contributed by atoms with Gasteiger partial charge in [-0.2, -0.15) is 5.26 Å². The van der Waals surface area contributed by atoms with Crippen molar-refractivity contribution in [1.82, 2.24) is 4.31 Å². The molecule has 0 aliphatic heterocycles. The van der Waals surface area contributed by atoms with E-state index in [9.17, 15) is 13.2 Å². The van der Waals surface area contributed by atoms with Gasteiger partial charge in [0.05, 0.1) is 10.5 Å². The monoisotopic (exact) mass is 296 g/mol. The van der Waals surface area contributed by atoms with Crippen molar-refractivity contribution in [1.29, 1.82) is 5.26 Å². The predicted octanol–water partition coefficient (Wildman–Crippen LogP) is 1.31. The van der Waals surface area contributed by atoms with Crippen molar-refractivity contribution >= 4 is 16.0 Å². The second-order valence-electron chi connectivity index (χ2n) is 4.44. The standard InChI is InChI=1S/C13H16N2O4S/c1-9-5-6-11(20(17,18)15(3)4)7-12(9)13(16)19-10(2)8-14/h5-7,10H,1-4H3/t10-/m1/s1. The van der Waals surface area contributed by atoms with Gasteiger partial charge in [0.25, 0.3) is 0 Å². The van der Waals surface area contributed by atoms with Crippen molar-refractivity contribution < 1.29 is 17.9 Å². The smallest absolute Gasteiger partial charge is 0.339 e. The highest BCUT2D eigenvalue weighted by Gasteiger charge is 2.21. The largest absolute Gasteiger partial charge is 0.444 e. The van der Waals surface area contributed by atoms with Crippen molar-refractivity contribution in [2.24, 2.45) is 0 Å². The van der Waals surface area contributed by atoms with Gasteiger partial charge in [-0.1, -0.05) is 6.07 Å². The van der Waals surface area contributed by atoms with Crippen molar-refractivity contribution in [2.45, 2.75) is 24.8 Å². The summed E-state index contributed by atoms with van der Waals surface area (Å²) in [6.07, 6.45) is -0.893. The van der Waals surface area contributed by atoms with Crippen LogP contribution in [0.15, 0.2) is 23.1 Å². The Labute approximate surface area is 118 Å². The van der Waals surface area contributed by atoms with E-state index in [0.717, 1.165) is 4.31 Å². The zero-order valence-corrected chi connectivity index (χ0v) is 12.6. The van der Waals surface area contributed by atoms with Crippen molar-refractivity contribution in [3.63, 3.8) is 0 Å². The number of benzene rings is 1. The van der Waals surface area contributed by atoms with Crippen molar-refractivity contribution in [3.8, 4) is 6.07 Å². The number of sulfonamides is 1. The third-order valence-corrected chi connectivity index (χ3v) is 4.48. The molecule has 6 nitrogen and oxygen atoms in total. The maximum absolute atomic E-state index is 12.0. The molecule has 0 saturated carbocycles. The molecular weight excluding hydrogens is 280 g/mol. The number of hydrogen-bond acceptors (Lipinski definition) is 5. The highest BCUT2D eigenvalue weighted by Crippen LogP contribution is 2.19. The van der Waals surface area contributed by atoms with Crippen LogP contribution in [0.5, 0.6) is 0 Å². The lowest BCUT2D eigenvalue weighted by Crippen LogP contribution is -2.23. The van der Waals surface area contributed by atoms with Crippen LogP contribution >= 0.6 is 0 Å². The summed E-state index contributed by atoms with van der Waals surface area (Å²) in [5.74, 6) is -0.715. The van der Waals surface area contributed by atoms with E-state index in [1.807, 2.05) is 0 Å². The molecule has 108 valence electrons. The summed E-state index contributed by atoms with van der Waals surface area (Å²) in [6, 6.07) is 6.00. The topological polar surface area (TPSA) is 87.5 Å². The number of hydrogen-bond donors (Lipinski definition) is 0. The Morgan fingerprint density at radius 2 is 2.00 bits per heavy atom. The van der Waals surface area contributed by atoms with Gasteiger partial charge in [-0.25, -0.2) is 17.5 Å². The molecule has 0 aromatic heterocycles. The maximum Gasteiger partial charge on any atom is 0.339 e. The first kappa shape index (κ1) is 16.1. The lowest BCUT2D eigenvalue weighted by Gasteiger charge is -2.14. The molecule has 0 spiro atoms. The lowest BCUT2D eigenvalue weighted by molar-refractivity contribution is 0.0434. The minimum atomic E-state index is -3.62. The van der Waals surface area contributed by atoms with Crippen molar-refractivity contribution in [2.75, 3.05) is 14.1 Å². The lowest BCUT2D eigenvalue weighted by atomic mass is 10.1. The third-order valence-electron chi connectivity index (χ3n) is 2.67. The molecule has 0 heterocycles. The van der Waals surface area contributed by atoms with Crippen LogP contribution in [-0.2, 0) is 14.8 Å². The second kappa shape index (κ2) is 6.03. The fourth-order valence-corrected chi connectivity index (χ4v) is 2.37. The molecule has 1 atom stereocenters. The molecule has 0 fully saturated rings. The highest BCUT2D eigenvalue weighted by atomic mass is 32.2. The summed E-state index contributed by atoms with van der Waals surface area (Å²) in [4.78, 5) is 11.9. The molecule has 1 rings (SSSR count). The number of ether oxygens (including phenoxy) is 1. The average molecular weight is 296 g/mol. The minimum Gasteiger partial charge on any atom is -0.444 e. The first-order valence-corrected chi connectivity index (χ1v) is 7.28. The summed E-state index contributed by atoms with van der Waals surface area (Å²) in [6.45, 7) is 3.10. The molecule has 7 heteroatoms. The highest BCUT2D eigenvalue weighted by molar-refractivity contribution is 7.89. The van der Waals surface area contributed by atoms with E-state index in [0.29, 0.717) is 5.56 Å². The molecule has 20 heavy (non-hydrogen) atoms. The molecule has 0 N–H and O–H groups in total.